The molecule has 0 aromatic heterocycles. The van der Waals surface area contributed by atoms with Gasteiger partial charge < -0.3 is 9.66 Å². The first-order valence-corrected chi connectivity index (χ1v) is 10.3. The van der Waals surface area contributed by atoms with Gasteiger partial charge in [0.25, 0.3) is 0 Å². The van der Waals surface area contributed by atoms with E-state index in [1.807, 2.05) is 0 Å². The normalized spacial score (nSPS) is 12.9. The Morgan fingerprint density at radius 2 is 1.33 bits per heavy atom. The summed E-state index contributed by atoms with van der Waals surface area (Å²) in [4.78, 5) is 11.4. The third kappa shape index (κ3) is 17.4. The van der Waals surface area contributed by atoms with Crippen molar-refractivity contribution in [3.63, 3.8) is 0 Å². The molecule has 0 aliphatic carbocycles. The van der Waals surface area contributed by atoms with E-state index in [9.17, 15) is 17.8 Å². The third-order valence-electron chi connectivity index (χ3n) is 3.97. The van der Waals surface area contributed by atoms with Gasteiger partial charge in [0.2, 0.25) is 0 Å². The van der Waals surface area contributed by atoms with E-state index in [1.165, 1.54) is 38.5 Å². The van der Waals surface area contributed by atoms with Crippen LogP contribution in [0, 0.1) is 5.92 Å². The molecule has 0 fully saturated rings. The van der Waals surface area contributed by atoms with Gasteiger partial charge in [-0.15, -0.1) is 0 Å². The first-order chi connectivity index (χ1) is 10.7. The van der Waals surface area contributed by atoms with E-state index in [0.29, 0.717) is 6.42 Å². The zero-order chi connectivity index (χ0) is 17.7. The molecule has 5 nitrogen and oxygen atoms in total. The summed E-state index contributed by atoms with van der Waals surface area (Å²) in [6, 6.07) is 0. The molecule has 0 heterocycles. The monoisotopic (exact) mass is 372 g/mol. The second-order valence-corrected chi connectivity index (χ2v) is 8.33. The van der Waals surface area contributed by atoms with Crippen LogP contribution in [0.15, 0.2) is 0 Å². The summed E-state index contributed by atoms with van der Waals surface area (Å²) >= 11 is 0. The van der Waals surface area contributed by atoms with Crippen molar-refractivity contribution in [2.45, 2.75) is 96.3 Å². The Bertz CT molecular complexity index is 409. The van der Waals surface area contributed by atoms with Crippen LogP contribution >= 0.6 is 0 Å². The molecule has 0 rings (SSSR count). The minimum absolute atomic E-state index is 0. The molecule has 0 saturated heterocycles. The SMILES string of the molecule is CC(C)CCCCCCCCCCCC(=O)CC(O)S(=O)(=O)[O-].[Na+]. The van der Waals surface area contributed by atoms with Crippen molar-refractivity contribution < 1.29 is 52.4 Å². The van der Waals surface area contributed by atoms with Crippen LogP contribution < -0.4 is 29.6 Å². The summed E-state index contributed by atoms with van der Waals surface area (Å²) in [5.74, 6) is 0.439. The number of hydrogen-bond acceptors (Lipinski definition) is 5. The summed E-state index contributed by atoms with van der Waals surface area (Å²) in [7, 11) is -4.77. The summed E-state index contributed by atoms with van der Waals surface area (Å²) in [6.07, 6.45) is 11.3. The van der Waals surface area contributed by atoms with E-state index in [0.717, 1.165) is 25.2 Å². The molecule has 1 unspecified atom stereocenters. The molecule has 1 atom stereocenters. The van der Waals surface area contributed by atoms with Gasteiger partial charge in [-0.2, -0.15) is 0 Å². The summed E-state index contributed by atoms with van der Waals surface area (Å²) in [6.45, 7) is 4.51. The number of carbonyl (C=O) groups is 1. The number of aliphatic hydroxyl groups excluding tert-OH is 1. The standard InChI is InChI=1S/C17H34O5S.Na/c1-15(2)12-10-8-6-4-3-5-7-9-11-13-16(18)14-17(19)23(20,21)22;/h15,17,19H,3-14H2,1-2H3,(H,20,21,22);/q;+1/p-1. The molecule has 0 aliphatic heterocycles. The Hall–Kier alpha value is 0.540. The fraction of sp³-hybridized carbons (Fsp3) is 0.941. The third-order valence-corrected chi connectivity index (χ3v) is 4.81. The van der Waals surface area contributed by atoms with Crippen LogP contribution in [0.5, 0.6) is 0 Å². The number of Topliss-reactive ketones (excluding diaryl/α,β-unsaturated/α-hetero) is 1. The largest absolute Gasteiger partial charge is 1.00 e. The van der Waals surface area contributed by atoms with Crippen LogP contribution in [-0.4, -0.2) is 29.3 Å². The topological polar surface area (TPSA) is 94.5 Å². The minimum Gasteiger partial charge on any atom is -0.746 e. The van der Waals surface area contributed by atoms with Crippen LogP contribution in [0.2, 0.25) is 0 Å². The molecule has 0 spiro atoms. The Balaban J connectivity index is 0. The van der Waals surface area contributed by atoms with Crippen LogP contribution in [0.25, 0.3) is 0 Å². The molecule has 7 heteroatoms. The maximum Gasteiger partial charge on any atom is 1.00 e. The number of ketones is 1. The fourth-order valence-corrected chi connectivity index (χ4v) is 2.90. The van der Waals surface area contributed by atoms with E-state index in [-0.39, 0.29) is 41.8 Å². The van der Waals surface area contributed by atoms with Crippen molar-refractivity contribution in [3.8, 4) is 0 Å². The van der Waals surface area contributed by atoms with Gasteiger partial charge in [0.15, 0.2) is 0 Å². The molecular weight excluding hydrogens is 339 g/mol. The second kappa shape index (κ2) is 15.8. The minimum atomic E-state index is -4.77. The predicted molar refractivity (Wildman–Crippen MR) is 91.0 cm³/mol. The molecular formula is C17H33NaO5S. The van der Waals surface area contributed by atoms with Gasteiger partial charge in [0.1, 0.15) is 21.3 Å². The Morgan fingerprint density at radius 3 is 1.75 bits per heavy atom. The molecule has 24 heavy (non-hydrogen) atoms. The smallest absolute Gasteiger partial charge is 0.746 e. The first kappa shape index (κ1) is 26.8. The van der Waals surface area contributed by atoms with Crippen LogP contribution in [0.3, 0.4) is 0 Å². The molecule has 0 saturated carbocycles. The van der Waals surface area contributed by atoms with Gasteiger partial charge in [-0.05, 0) is 12.3 Å². The van der Waals surface area contributed by atoms with E-state index in [2.05, 4.69) is 13.8 Å². The Labute approximate surface area is 170 Å². The van der Waals surface area contributed by atoms with E-state index in [1.54, 1.807) is 0 Å². The average Bonchev–Trinajstić information content (AvgIpc) is 2.43. The number of rotatable bonds is 15. The van der Waals surface area contributed by atoms with Gasteiger partial charge in [-0.25, -0.2) is 8.42 Å². The Kier molecular flexibility index (Phi) is 17.6. The van der Waals surface area contributed by atoms with Crippen molar-refractivity contribution >= 4 is 15.9 Å². The van der Waals surface area contributed by atoms with Crippen LogP contribution in [-0.2, 0) is 14.9 Å². The van der Waals surface area contributed by atoms with Crippen molar-refractivity contribution in [2.24, 2.45) is 5.92 Å². The number of aliphatic hydroxyl groups is 1. The molecule has 1 N–H and O–H groups in total. The molecule has 0 aromatic carbocycles. The Morgan fingerprint density at radius 1 is 0.917 bits per heavy atom. The maximum absolute atomic E-state index is 11.4. The average molecular weight is 373 g/mol. The second-order valence-electron chi connectivity index (χ2n) is 6.80. The van der Waals surface area contributed by atoms with Gasteiger partial charge in [-0.1, -0.05) is 71.6 Å². The van der Waals surface area contributed by atoms with E-state index < -0.39 is 22.0 Å². The zero-order valence-corrected chi connectivity index (χ0v) is 18.4. The first-order valence-electron chi connectivity index (χ1n) is 8.88. The molecule has 0 bridgehead atoms. The fourth-order valence-electron chi connectivity index (χ4n) is 2.51. The number of hydrogen-bond donors (Lipinski definition) is 1. The van der Waals surface area contributed by atoms with Crippen LogP contribution in [0.1, 0.15) is 90.9 Å². The number of carbonyl (C=O) groups excluding carboxylic acids is 1. The van der Waals surface area contributed by atoms with Crippen LogP contribution in [0.4, 0.5) is 0 Å². The van der Waals surface area contributed by atoms with Gasteiger partial charge in [-0.3, -0.25) is 4.79 Å². The molecule has 0 aromatic rings. The number of unbranched alkanes of at least 4 members (excludes halogenated alkanes) is 8. The van der Waals surface area contributed by atoms with Gasteiger partial charge in [0.05, 0.1) is 0 Å². The quantitative estimate of drug-likeness (QED) is 0.260. The molecule has 0 aliphatic rings. The van der Waals surface area contributed by atoms with Gasteiger partial charge in [0, 0.05) is 12.8 Å². The maximum atomic E-state index is 11.4. The van der Waals surface area contributed by atoms with E-state index >= 15 is 0 Å². The summed E-state index contributed by atoms with van der Waals surface area (Å²) < 4.78 is 31.5. The summed E-state index contributed by atoms with van der Waals surface area (Å²) in [5.41, 5.74) is -2.09. The predicted octanol–water partition coefficient (Wildman–Crippen LogP) is 0.760. The van der Waals surface area contributed by atoms with Gasteiger partial charge >= 0.3 is 29.6 Å². The van der Waals surface area contributed by atoms with E-state index in [4.69, 9.17) is 5.11 Å². The van der Waals surface area contributed by atoms with Crippen molar-refractivity contribution in [3.05, 3.63) is 0 Å². The molecule has 138 valence electrons. The summed E-state index contributed by atoms with van der Waals surface area (Å²) in [5, 5.41) is 9.03. The zero-order valence-electron chi connectivity index (χ0n) is 15.6. The molecule has 0 amide bonds. The molecule has 0 radical (unpaired) electrons. The van der Waals surface area contributed by atoms with Crippen molar-refractivity contribution in [1.29, 1.82) is 0 Å². The van der Waals surface area contributed by atoms with Crippen molar-refractivity contribution in [1.82, 2.24) is 0 Å². The van der Waals surface area contributed by atoms with Crippen molar-refractivity contribution in [2.75, 3.05) is 0 Å².